The smallest absolute Gasteiger partial charge is 0.238 e. The molecule has 3 rings (SSSR count). The molecule has 0 aromatic heterocycles. The van der Waals surface area contributed by atoms with Crippen LogP contribution < -0.4 is 10.2 Å². The molecule has 5 heteroatoms. The van der Waals surface area contributed by atoms with Crippen LogP contribution in [-0.4, -0.2) is 17.6 Å². The second-order valence-corrected chi connectivity index (χ2v) is 10.3. The molecule has 0 radical (unpaired) electrons. The molecular weight excluding hydrogens is 428 g/mol. The summed E-state index contributed by atoms with van der Waals surface area (Å²) in [5.74, 6) is 1.11. The van der Waals surface area contributed by atoms with Gasteiger partial charge in [-0.25, -0.2) is 0 Å². The van der Waals surface area contributed by atoms with Crippen LogP contribution in [-0.2, 0) is 9.59 Å². The summed E-state index contributed by atoms with van der Waals surface area (Å²) in [4.78, 5) is 27.0. The summed E-state index contributed by atoms with van der Waals surface area (Å²) in [6.45, 7) is 6.56. The van der Waals surface area contributed by atoms with Crippen LogP contribution in [0.1, 0.15) is 94.6 Å². The second-order valence-electron chi connectivity index (χ2n) is 9.22. The normalized spacial score (nSPS) is 15.9. The maximum Gasteiger partial charge on any atom is 0.238 e. The van der Waals surface area contributed by atoms with Gasteiger partial charge >= 0.3 is 0 Å². The van der Waals surface area contributed by atoms with Gasteiger partial charge in [-0.2, -0.15) is 0 Å². The molecule has 1 saturated heterocycles. The van der Waals surface area contributed by atoms with Crippen LogP contribution in [0.5, 0.6) is 0 Å². The summed E-state index contributed by atoms with van der Waals surface area (Å²) in [6.07, 6.45) is 8.96. The van der Waals surface area contributed by atoms with Crippen molar-refractivity contribution < 1.29 is 9.59 Å². The minimum atomic E-state index is -0.0811. The van der Waals surface area contributed by atoms with Crippen LogP contribution in [0.2, 0.25) is 0 Å². The van der Waals surface area contributed by atoms with E-state index in [0.29, 0.717) is 18.1 Å². The molecule has 1 aliphatic heterocycles. The Morgan fingerprint density at radius 3 is 2.42 bits per heavy atom. The topological polar surface area (TPSA) is 49.4 Å². The van der Waals surface area contributed by atoms with Crippen LogP contribution in [0.3, 0.4) is 0 Å². The molecule has 2 amide bonds. The fraction of sp³-hybridized carbons (Fsp3) is 0.500. The van der Waals surface area contributed by atoms with Gasteiger partial charge in [0.05, 0.1) is 5.75 Å². The number of carbonyl (C=O) groups is 2. The van der Waals surface area contributed by atoms with E-state index in [1.165, 1.54) is 37.7 Å². The standard InChI is InChI=1S/C28H38N2O2S/c1-4-5-6-7-8-9-10-14-26(31)29-24-13-11-12-23(19-24)28-30(27(32)20-33-28)25-17-15-22(16-18-25)21(2)3/h11-13,15-19,21,28H,4-10,14,20H2,1-3H3,(H,29,31)/t28-/m1/s1. The third-order valence-corrected chi connectivity index (χ3v) is 7.38. The van der Waals surface area contributed by atoms with Crippen molar-refractivity contribution in [3.8, 4) is 0 Å². The van der Waals surface area contributed by atoms with E-state index in [9.17, 15) is 9.59 Å². The molecule has 178 valence electrons. The molecule has 1 fully saturated rings. The molecular formula is C28H38N2O2S. The number of carbonyl (C=O) groups excluding carboxylic acids is 2. The lowest BCUT2D eigenvalue weighted by atomic mass is 10.0. The third-order valence-electron chi connectivity index (χ3n) is 6.17. The molecule has 33 heavy (non-hydrogen) atoms. The van der Waals surface area contributed by atoms with Crippen LogP contribution in [0.4, 0.5) is 11.4 Å². The Morgan fingerprint density at radius 2 is 1.73 bits per heavy atom. The first-order valence-corrected chi connectivity index (χ1v) is 13.5. The van der Waals surface area contributed by atoms with Crippen molar-refractivity contribution in [2.75, 3.05) is 16.0 Å². The highest BCUT2D eigenvalue weighted by Gasteiger charge is 2.34. The van der Waals surface area contributed by atoms with Gasteiger partial charge in [0.2, 0.25) is 11.8 Å². The van der Waals surface area contributed by atoms with E-state index in [1.54, 1.807) is 11.8 Å². The van der Waals surface area contributed by atoms with Gasteiger partial charge in [0.15, 0.2) is 0 Å². The quantitative estimate of drug-likeness (QED) is 0.327. The summed E-state index contributed by atoms with van der Waals surface area (Å²) < 4.78 is 0. The van der Waals surface area contributed by atoms with Gasteiger partial charge in [0.1, 0.15) is 5.37 Å². The van der Waals surface area contributed by atoms with E-state index in [2.05, 4.69) is 38.2 Å². The Balaban J connectivity index is 1.58. The molecule has 1 heterocycles. The summed E-state index contributed by atoms with van der Waals surface area (Å²) in [5, 5.41) is 2.97. The number of nitrogens with one attached hydrogen (secondary N) is 1. The molecule has 2 aromatic rings. The van der Waals surface area contributed by atoms with Gasteiger partial charge in [-0.05, 0) is 47.7 Å². The number of amides is 2. The van der Waals surface area contributed by atoms with E-state index in [1.807, 2.05) is 41.3 Å². The number of thioether (sulfide) groups is 1. The number of anilines is 2. The maximum absolute atomic E-state index is 12.7. The highest BCUT2D eigenvalue weighted by molar-refractivity contribution is 8.00. The Labute approximate surface area is 203 Å². The fourth-order valence-electron chi connectivity index (χ4n) is 4.21. The molecule has 0 unspecified atom stereocenters. The first-order chi connectivity index (χ1) is 16.0. The third kappa shape index (κ3) is 7.36. The van der Waals surface area contributed by atoms with Crippen molar-refractivity contribution in [3.63, 3.8) is 0 Å². The Morgan fingerprint density at radius 1 is 1.03 bits per heavy atom. The highest BCUT2D eigenvalue weighted by Crippen LogP contribution is 2.42. The van der Waals surface area contributed by atoms with Crippen LogP contribution in [0, 0.1) is 0 Å². The van der Waals surface area contributed by atoms with Gasteiger partial charge in [-0.3, -0.25) is 14.5 Å². The lowest BCUT2D eigenvalue weighted by molar-refractivity contribution is -0.117. The number of hydrogen-bond donors (Lipinski definition) is 1. The fourth-order valence-corrected chi connectivity index (χ4v) is 5.37. The van der Waals surface area contributed by atoms with Gasteiger partial charge in [-0.15, -0.1) is 11.8 Å². The number of unbranched alkanes of at least 4 members (excludes halogenated alkanes) is 6. The Bertz CT molecular complexity index is 910. The second kappa shape index (κ2) is 12.8. The van der Waals surface area contributed by atoms with Crippen molar-refractivity contribution in [2.45, 2.75) is 83.4 Å². The maximum atomic E-state index is 12.7. The monoisotopic (exact) mass is 466 g/mol. The molecule has 0 spiro atoms. The predicted octanol–water partition coefficient (Wildman–Crippen LogP) is 7.67. The van der Waals surface area contributed by atoms with Crippen LogP contribution >= 0.6 is 11.8 Å². The largest absolute Gasteiger partial charge is 0.326 e. The van der Waals surface area contributed by atoms with Gasteiger partial charge in [0, 0.05) is 17.8 Å². The SMILES string of the molecule is CCCCCCCCCC(=O)Nc1cccc([C@H]2SCC(=O)N2c2ccc(C(C)C)cc2)c1. The van der Waals surface area contributed by atoms with E-state index >= 15 is 0 Å². The summed E-state index contributed by atoms with van der Waals surface area (Å²) in [7, 11) is 0. The average molecular weight is 467 g/mol. The first kappa shape index (κ1) is 25.4. The predicted molar refractivity (Wildman–Crippen MR) is 141 cm³/mol. The molecule has 1 N–H and O–H groups in total. The highest BCUT2D eigenvalue weighted by atomic mass is 32.2. The zero-order valence-electron chi connectivity index (χ0n) is 20.3. The van der Waals surface area contributed by atoms with E-state index < -0.39 is 0 Å². The van der Waals surface area contributed by atoms with E-state index in [-0.39, 0.29) is 17.2 Å². The Hall–Kier alpha value is -2.27. The van der Waals surface area contributed by atoms with Crippen LogP contribution in [0.15, 0.2) is 48.5 Å². The molecule has 1 aliphatic rings. The van der Waals surface area contributed by atoms with Crippen molar-refractivity contribution in [3.05, 3.63) is 59.7 Å². The van der Waals surface area contributed by atoms with Crippen molar-refractivity contribution in [2.24, 2.45) is 0 Å². The zero-order valence-corrected chi connectivity index (χ0v) is 21.1. The van der Waals surface area contributed by atoms with E-state index in [4.69, 9.17) is 0 Å². The number of rotatable bonds is 12. The van der Waals surface area contributed by atoms with Crippen LogP contribution in [0.25, 0.3) is 0 Å². The number of hydrogen-bond acceptors (Lipinski definition) is 3. The summed E-state index contributed by atoms with van der Waals surface area (Å²) in [5.41, 5.74) is 4.02. The van der Waals surface area contributed by atoms with Gasteiger partial charge in [-0.1, -0.05) is 83.6 Å². The first-order valence-electron chi connectivity index (χ1n) is 12.4. The molecule has 0 aliphatic carbocycles. The zero-order chi connectivity index (χ0) is 23.6. The molecule has 0 bridgehead atoms. The summed E-state index contributed by atoms with van der Waals surface area (Å²) >= 11 is 1.63. The number of benzene rings is 2. The minimum Gasteiger partial charge on any atom is -0.326 e. The van der Waals surface area contributed by atoms with E-state index in [0.717, 1.165) is 29.8 Å². The molecule has 2 aromatic carbocycles. The van der Waals surface area contributed by atoms with Crippen molar-refractivity contribution in [1.82, 2.24) is 0 Å². The number of nitrogens with zero attached hydrogens (tertiary/aromatic N) is 1. The average Bonchev–Trinajstić information content (AvgIpc) is 3.20. The Kier molecular flexibility index (Phi) is 9.86. The molecule has 4 nitrogen and oxygen atoms in total. The molecule has 1 atom stereocenters. The lowest BCUT2D eigenvalue weighted by Gasteiger charge is -2.25. The lowest BCUT2D eigenvalue weighted by Crippen LogP contribution is -2.27. The van der Waals surface area contributed by atoms with Crippen molar-refractivity contribution in [1.29, 1.82) is 0 Å². The minimum absolute atomic E-state index is 0.0667. The summed E-state index contributed by atoms with van der Waals surface area (Å²) in [6, 6.07) is 16.2. The van der Waals surface area contributed by atoms with Gasteiger partial charge in [0.25, 0.3) is 0 Å². The van der Waals surface area contributed by atoms with Gasteiger partial charge < -0.3 is 5.32 Å². The van der Waals surface area contributed by atoms with Crippen molar-refractivity contribution >= 4 is 35.0 Å². The molecule has 0 saturated carbocycles.